The van der Waals surface area contributed by atoms with Crippen molar-refractivity contribution >= 4 is 28.7 Å². The van der Waals surface area contributed by atoms with Crippen molar-refractivity contribution < 1.29 is 13.9 Å². The highest BCUT2D eigenvalue weighted by Crippen LogP contribution is 2.34. The number of benzene rings is 1. The standard InChI is InChI=1S/C18H25FINO2/c1-6-12-13-7-8-21(17(22)23-18(3,4)5)10-15(13)16(20)9-14(12)11(2)19/h9,11H,6-8,10H2,1-5H3. The van der Waals surface area contributed by atoms with Crippen LogP contribution in [0.25, 0.3) is 0 Å². The van der Waals surface area contributed by atoms with Gasteiger partial charge in [-0.25, -0.2) is 9.18 Å². The number of halogens is 2. The summed E-state index contributed by atoms with van der Waals surface area (Å²) in [6, 6.07) is 1.93. The highest BCUT2D eigenvalue weighted by atomic mass is 127. The van der Waals surface area contributed by atoms with Gasteiger partial charge in [0.15, 0.2) is 0 Å². The number of nitrogens with zero attached hydrogens (tertiary/aromatic N) is 1. The summed E-state index contributed by atoms with van der Waals surface area (Å²) < 4.78 is 20.4. The van der Waals surface area contributed by atoms with Crippen molar-refractivity contribution in [2.75, 3.05) is 6.54 Å². The molecule has 0 bridgehead atoms. The Morgan fingerprint density at radius 2 is 2.09 bits per heavy atom. The number of ether oxygens (including phenoxy) is 1. The van der Waals surface area contributed by atoms with E-state index in [1.165, 1.54) is 5.56 Å². The monoisotopic (exact) mass is 433 g/mol. The van der Waals surface area contributed by atoms with Gasteiger partial charge in [-0.1, -0.05) is 6.92 Å². The molecule has 1 aromatic rings. The number of hydrogen-bond acceptors (Lipinski definition) is 2. The summed E-state index contributed by atoms with van der Waals surface area (Å²) in [5, 5.41) is 0. The Labute approximate surface area is 151 Å². The molecule has 0 radical (unpaired) electrons. The fourth-order valence-electron chi connectivity index (χ4n) is 3.06. The normalized spacial score (nSPS) is 16.0. The van der Waals surface area contributed by atoms with Gasteiger partial charge in [0.05, 0.1) is 6.54 Å². The molecule has 23 heavy (non-hydrogen) atoms. The summed E-state index contributed by atoms with van der Waals surface area (Å²) in [7, 11) is 0. The predicted molar refractivity (Wildman–Crippen MR) is 98.4 cm³/mol. The Kier molecular flexibility index (Phi) is 5.59. The number of alkyl halides is 1. The van der Waals surface area contributed by atoms with E-state index in [-0.39, 0.29) is 6.09 Å². The highest BCUT2D eigenvalue weighted by molar-refractivity contribution is 14.1. The molecule has 2 rings (SSSR count). The number of carbonyl (C=O) groups is 1. The second-order valence-electron chi connectivity index (χ2n) is 7.00. The van der Waals surface area contributed by atoms with Crippen LogP contribution in [0, 0.1) is 3.57 Å². The van der Waals surface area contributed by atoms with Crippen molar-refractivity contribution in [1.29, 1.82) is 0 Å². The van der Waals surface area contributed by atoms with Crippen molar-refractivity contribution in [3.63, 3.8) is 0 Å². The van der Waals surface area contributed by atoms with Crippen LogP contribution in [-0.4, -0.2) is 23.1 Å². The third-order valence-electron chi connectivity index (χ3n) is 4.06. The van der Waals surface area contributed by atoms with Gasteiger partial charge in [-0.3, -0.25) is 0 Å². The molecule has 1 aliphatic rings. The van der Waals surface area contributed by atoms with Gasteiger partial charge in [-0.15, -0.1) is 0 Å². The summed E-state index contributed by atoms with van der Waals surface area (Å²) >= 11 is 2.25. The molecular weight excluding hydrogens is 408 g/mol. The average Bonchev–Trinajstić information content (AvgIpc) is 2.44. The van der Waals surface area contributed by atoms with Gasteiger partial charge in [0.25, 0.3) is 0 Å². The first-order valence-corrected chi connectivity index (χ1v) is 9.17. The molecule has 0 saturated carbocycles. The molecule has 1 aliphatic heterocycles. The first-order valence-electron chi connectivity index (χ1n) is 8.09. The highest BCUT2D eigenvalue weighted by Gasteiger charge is 2.29. The lowest BCUT2D eigenvalue weighted by molar-refractivity contribution is 0.0223. The zero-order chi connectivity index (χ0) is 17.4. The molecular formula is C18H25FINO2. The minimum absolute atomic E-state index is 0.278. The summed E-state index contributed by atoms with van der Waals surface area (Å²) in [6.07, 6.45) is 0.330. The van der Waals surface area contributed by atoms with Crippen LogP contribution in [-0.2, 0) is 24.1 Å². The maximum Gasteiger partial charge on any atom is 0.410 e. The lowest BCUT2D eigenvalue weighted by Gasteiger charge is -2.33. The lowest BCUT2D eigenvalue weighted by Crippen LogP contribution is -2.40. The quantitative estimate of drug-likeness (QED) is 0.602. The Hall–Kier alpha value is -0.850. The zero-order valence-electron chi connectivity index (χ0n) is 14.5. The Morgan fingerprint density at radius 3 is 2.61 bits per heavy atom. The van der Waals surface area contributed by atoms with Crippen molar-refractivity contribution in [3.8, 4) is 0 Å². The Bertz CT molecular complexity index is 608. The minimum Gasteiger partial charge on any atom is -0.444 e. The summed E-state index contributed by atoms with van der Waals surface area (Å²) in [6.45, 7) is 10.4. The molecule has 1 amide bonds. The van der Waals surface area contributed by atoms with Crippen LogP contribution in [0.4, 0.5) is 9.18 Å². The lowest BCUT2D eigenvalue weighted by atomic mass is 9.88. The van der Waals surface area contributed by atoms with Crippen LogP contribution in [0.3, 0.4) is 0 Å². The molecule has 5 heteroatoms. The van der Waals surface area contributed by atoms with Gasteiger partial charge >= 0.3 is 6.09 Å². The van der Waals surface area contributed by atoms with Gasteiger partial charge in [0.1, 0.15) is 11.8 Å². The van der Waals surface area contributed by atoms with E-state index in [0.717, 1.165) is 33.1 Å². The van der Waals surface area contributed by atoms with Gasteiger partial charge in [-0.05, 0) is 91.4 Å². The molecule has 0 spiro atoms. The summed E-state index contributed by atoms with van der Waals surface area (Å²) in [5.74, 6) is 0. The molecule has 1 heterocycles. The van der Waals surface area contributed by atoms with E-state index < -0.39 is 11.8 Å². The molecule has 1 aromatic carbocycles. The molecule has 0 aromatic heterocycles. The topological polar surface area (TPSA) is 29.5 Å². The summed E-state index contributed by atoms with van der Waals surface area (Å²) in [5.41, 5.74) is 3.77. The van der Waals surface area contributed by atoms with Gasteiger partial charge in [0, 0.05) is 10.1 Å². The van der Waals surface area contributed by atoms with Crippen LogP contribution in [0.1, 0.15) is 63.0 Å². The maximum atomic E-state index is 13.9. The average molecular weight is 433 g/mol. The smallest absolute Gasteiger partial charge is 0.410 e. The first kappa shape index (κ1) is 18.5. The molecule has 128 valence electrons. The van der Waals surface area contributed by atoms with Gasteiger partial charge in [0.2, 0.25) is 0 Å². The second-order valence-corrected chi connectivity index (χ2v) is 8.17. The predicted octanol–water partition coefficient (Wildman–Crippen LogP) is 5.18. The number of fused-ring (bicyclic) bond motifs is 1. The van der Waals surface area contributed by atoms with Crippen molar-refractivity contribution in [1.82, 2.24) is 4.90 Å². The van der Waals surface area contributed by atoms with E-state index in [1.54, 1.807) is 11.8 Å². The van der Waals surface area contributed by atoms with Crippen LogP contribution >= 0.6 is 22.6 Å². The number of amides is 1. The molecule has 0 N–H and O–H groups in total. The van der Waals surface area contributed by atoms with E-state index in [0.29, 0.717) is 13.1 Å². The first-order chi connectivity index (χ1) is 10.6. The molecule has 0 saturated heterocycles. The number of rotatable bonds is 2. The Balaban J connectivity index is 2.33. The molecule has 1 unspecified atom stereocenters. The molecule has 1 atom stereocenters. The largest absolute Gasteiger partial charge is 0.444 e. The van der Waals surface area contributed by atoms with E-state index >= 15 is 0 Å². The maximum absolute atomic E-state index is 13.9. The van der Waals surface area contributed by atoms with Crippen molar-refractivity contribution in [2.45, 2.75) is 65.8 Å². The van der Waals surface area contributed by atoms with Crippen LogP contribution < -0.4 is 0 Å². The molecule has 3 nitrogen and oxygen atoms in total. The Morgan fingerprint density at radius 1 is 1.43 bits per heavy atom. The van der Waals surface area contributed by atoms with Crippen LogP contribution in [0.5, 0.6) is 0 Å². The molecule has 0 aliphatic carbocycles. The van der Waals surface area contributed by atoms with E-state index in [2.05, 4.69) is 29.5 Å². The number of carbonyl (C=O) groups excluding carboxylic acids is 1. The van der Waals surface area contributed by atoms with Crippen molar-refractivity contribution in [3.05, 3.63) is 31.9 Å². The third-order valence-corrected chi connectivity index (χ3v) is 5.02. The van der Waals surface area contributed by atoms with E-state index in [4.69, 9.17) is 4.74 Å². The third kappa shape index (κ3) is 4.17. The van der Waals surface area contributed by atoms with Crippen LogP contribution in [0.2, 0.25) is 0 Å². The van der Waals surface area contributed by atoms with Gasteiger partial charge < -0.3 is 9.64 Å². The fraction of sp³-hybridized carbons (Fsp3) is 0.611. The van der Waals surface area contributed by atoms with E-state index in [9.17, 15) is 9.18 Å². The van der Waals surface area contributed by atoms with Crippen molar-refractivity contribution in [2.24, 2.45) is 0 Å². The summed E-state index contributed by atoms with van der Waals surface area (Å²) in [4.78, 5) is 14.0. The fourth-order valence-corrected chi connectivity index (χ4v) is 3.89. The second kappa shape index (κ2) is 6.95. The SMILES string of the molecule is CCc1c(C(C)F)cc(I)c2c1CCN(C(=O)OC(C)(C)C)C2. The molecule has 0 fully saturated rings. The minimum atomic E-state index is -0.965. The number of hydrogen-bond donors (Lipinski definition) is 0. The van der Waals surface area contributed by atoms with Gasteiger partial charge in [-0.2, -0.15) is 0 Å². The van der Waals surface area contributed by atoms with E-state index in [1.807, 2.05) is 26.8 Å². The zero-order valence-corrected chi connectivity index (χ0v) is 16.7. The van der Waals surface area contributed by atoms with Crippen LogP contribution in [0.15, 0.2) is 6.07 Å².